The molecule has 0 N–H and O–H groups in total. The molecule has 2 aromatic rings. The predicted molar refractivity (Wildman–Crippen MR) is 73.9 cm³/mol. The molecule has 1 aliphatic heterocycles. The van der Waals surface area contributed by atoms with Crippen LogP contribution in [0.15, 0.2) is 24.4 Å². The van der Waals surface area contributed by atoms with Crippen molar-refractivity contribution in [3.8, 4) is 0 Å². The van der Waals surface area contributed by atoms with Gasteiger partial charge < -0.3 is 14.2 Å². The third-order valence-corrected chi connectivity index (χ3v) is 3.81. The SMILES string of the molecule is COCC(=O)N1CCc2cn(C)c3cccc(c23)C1. The summed E-state index contributed by atoms with van der Waals surface area (Å²) in [5.74, 6) is 0.0639. The molecule has 4 heteroatoms. The highest BCUT2D eigenvalue weighted by molar-refractivity contribution is 5.88. The van der Waals surface area contributed by atoms with Crippen LogP contribution in [0.5, 0.6) is 0 Å². The monoisotopic (exact) mass is 258 g/mol. The molecule has 0 saturated carbocycles. The van der Waals surface area contributed by atoms with Crippen molar-refractivity contribution in [3.05, 3.63) is 35.5 Å². The standard InChI is InChI=1S/C15H18N2O2/c1-16-8-12-6-7-17(14(18)10-19-2)9-11-4-3-5-13(16)15(11)12/h3-5,8H,6-7,9-10H2,1-2H3. The number of ether oxygens (including phenoxy) is 1. The summed E-state index contributed by atoms with van der Waals surface area (Å²) >= 11 is 0. The molecule has 4 nitrogen and oxygen atoms in total. The summed E-state index contributed by atoms with van der Waals surface area (Å²) in [6.45, 7) is 1.60. The molecular weight excluding hydrogens is 240 g/mol. The van der Waals surface area contributed by atoms with Crippen molar-refractivity contribution in [1.82, 2.24) is 9.47 Å². The van der Waals surface area contributed by atoms with Gasteiger partial charge >= 0.3 is 0 Å². The van der Waals surface area contributed by atoms with Gasteiger partial charge in [0, 0.05) is 44.3 Å². The number of rotatable bonds is 2. The van der Waals surface area contributed by atoms with Gasteiger partial charge in [0.2, 0.25) is 5.91 Å². The lowest BCUT2D eigenvalue weighted by atomic mass is 10.1. The van der Waals surface area contributed by atoms with E-state index < -0.39 is 0 Å². The molecule has 100 valence electrons. The third-order valence-electron chi connectivity index (χ3n) is 3.81. The Kier molecular flexibility index (Phi) is 3.03. The number of carbonyl (C=O) groups excluding carboxylic acids is 1. The van der Waals surface area contributed by atoms with Gasteiger partial charge in [-0.1, -0.05) is 12.1 Å². The maximum Gasteiger partial charge on any atom is 0.248 e. The zero-order chi connectivity index (χ0) is 13.4. The predicted octanol–water partition coefficient (Wildman–Crippen LogP) is 1.71. The van der Waals surface area contributed by atoms with Crippen LogP contribution in [0, 0.1) is 0 Å². The Labute approximate surface area is 112 Å². The molecule has 1 aliphatic rings. The molecule has 0 radical (unpaired) electrons. The molecule has 19 heavy (non-hydrogen) atoms. The van der Waals surface area contributed by atoms with Crippen molar-refractivity contribution in [2.75, 3.05) is 20.3 Å². The van der Waals surface area contributed by atoms with Gasteiger partial charge in [0.25, 0.3) is 0 Å². The molecule has 0 saturated heterocycles. The van der Waals surface area contributed by atoms with Gasteiger partial charge in [-0.05, 0) is 23.6 Å². The second kappa shape index (κ2) is 4.70. The lowest BCUT2D eigenvalue weighted by Gasteiger charge is -2.20. The van der Waals surface area contributed by atoms with Crippen LogP contribution in [-0.2, 0) is 29.5 Å². The molecule has 0 aliphatic carbocycles. The molecule has 2 heterocycles. The van der Waals surface area contributed by atoms with Crippen molar-refractivity contribution in [2.45, 2.75) is 13.0 Å². The number of aryl methyl sites for hydroxylation is 1. The van der Waals surface area contributed by atoms with E-state index in [-0.39, 0.29) is 12.5 Å². The van der Waals surface area contributed by atoms with Crippen LogP contribution in [0.3, 0.4) is 0 Å². The van der Waals surface area contributed by atoms with E-state index in [1.54, 1.807) is 7.11 Å². The van der Waals surface area contributed by atoms with E-state index in [9.17, 15) is 4.79 Å². The van der Waals surface area contributed by atoms with Crippen molar-refractivity contribution < 1.29 is 9.53 Å². The van der Waals surface area contributed by atoms with Gasteiger partial charge in [-0.2, -0.15) is 0 Å². The van der Waals surface area contributed by atoms with Crippen molar-refractivity contribution in [1.29, 1.82) is 0 Å². The summed E-state index contributed by atoms with van der Waals surface area (Å²) in [5, 5.41) is 1.32. The van der Waals surface area contributed by atoms with Crippen molar-refractivity contribution in [2.24, 2.45) is 7.05 Å². The Hall–Kier alpha value is -1.81. The first kappa shape index (κ1) is 12.2. The van der Waals surface area contributed by atoms with Crippen molar-refractivity contribution >= 4 is 16.8 Å². The number of benzene rings is 1. The lowest BCUT2D eigenvalue weighted by Crippen LogP contribution is -2.34. The first-order valence-corrected chi connectivity index (χ1v) is 6.53. The minimum absolute atomic E-state index is 0.0639. The average Bonchev–Trinajstić information content (AvgIpc) is 2.61. The van der Waals surface area contributed by atoms with Crippen LogP contribution in [0.2, 0.25) is 0 Å². The summed E-state index contributed by atoms with van der Waals surface area (Å²) < 4.78 is 7.12. The second-order valence-corrected chi connectivity index (χ2v) is 5.07. The summed E-state index contributed by atoms with van der Waals surface area (Å²) in [6, 6.07) is 6.31. The Morgan fingerprint density at radius 3 is 3.00 bits per heavy atom. The van der Waals surface area contributed by atoms with E-state index in [1.807, 2.05) is 4.90 Å². The largest absolute Gasteiger partial charge is 0.375 e. The molecule has 0 spiro atoms. The maximum atomic E-state index is 12.0. The van der Waals surface area contributed by atoms with Gasteiger partial charge in [0.15, 0.2) is 0 Å². The van der Waals surface area contributed by atoms with Gasteiger partial charge in [0.05, 0.1) is 0 Å². The number of methoxy groups -OCH3 is 1. The molecule has 0 bridgehead atoms. The fourth-order valence-electron chi connectivity index (χ4n) is 2.91. The van der Waals surface area contributed by atoms with Gasteiger partial charge in [-0.15, -0.1) is 0 Å². The first-order chi connectivity index (χ1) is 9.20. The van der Waals surface area contributed by atoms with Crippen molar-refractivity contribution in [3.63, 3.8) is 0 Å². The Morgan fingerprint density at radius 1 is 1.37 bits per heavy atom. The zero-order valence-corrected chi connectivity index (χ0v) is 11.3. The number of carbonyl (C=O) groups is 1. The molecule has 3 rings (SSSR count). The number of amides is 1. The van der Waals surface area contributed by atoms with E-state index in [4.69, 9.17) is 4.74 Å². The molecule has 1 aromatic heterocycles. The fourth-order valence-corrected chi connectivity index (χ4v) is 2.91. The summed E-state index contributed by atoms with van der Waals surface area (Å²) in [7, 11) is 3.64. The third kappa shape index (κ3) is 2.02. The zero-order valence-electron chi connectivity index (χ0n) is 11.3. The lowest BCUT2D eigenvalue weighted by molar-refractivity contribution is -0.135. The van der Waals surface area contributed by atoms with Crippen LogP contribution in [0.1, 0.15) is 11.1 Å². The average molecular weight is 258 g/mol. The molecule has 1 aromatic carbocycles. The highest BCUT2D eigenvalue weighted by atomic mass is 16.5. The van der Waals surface area contributed by atoms with Gasteiger partial charge in [0.1, 0.15) is 6.61 Å². The minimum Gasteiger partial charge on any atom is -0.375 e. The first-order valence-electron chi connectivity index (χ1n) is 6.53. The minimum atomic E-state index is 0.0639. The van der Waals surface area contributed by atoms with Crippen LogP contribution < -0.4 is 0 Å². The second-order valence-electron chi connectivity index (χ2n) is 5.07. The van der Waals surface area contributed by atoms with Gasteiger partial charge in [-0.25, -0.2) is 0 Å². The van der Waals surface area contributed by atoms with Crippen LogP contribution >= 0.6 is 0 Å². The maximum absolute atomic E-state index is 12.0. The van der Waals surface area contributed by atoms with E-state index in [0.29, 0.717) is 6.54 Å². The van der Waals surface area contributed by atoms with E-state index >= 15 is 0 Å². The Balaban J connectivity index is 2.02. The highest BCUT2D eigenvalue weighted by Gasteiger charge is 2.21. The number of aromatic nitrogens is 1. The topological polar surface area (TPSA) is 34.5 Å². The summed E-state index contributed by atoms with van der Waals surface area (Å²) in [6.07, 6.45) is 3.09. The van der Waals surface area contributed by atoms with E-state index in [1.165, 1.54) is 22.0 Å². The fraction of sp³-hybridized carbons (Fsp3) is 0.400. The smallest absolute Gasteiger partial charge is 0.248 e. The Bertz CT molecular complexity index is 630. The van der Waals surface area contributed by atoms with E-state index in [0.717, 1.165) is 13.0 Å². The normalized spacial score (nSPS) is 14.7. The highest BCUT2D eigenvalue weighted by Crippen LogP contribution is 2.28. The molecule has 0 fully saturated rings. The molecule has 1 amide bonds. The summed E-state index contributed by atoms with van der Waals surface area (Å²) in [5.41, 5.74) is 3.81. The quantitative estimate of drug-likeness (QED) is 0.822. The number of hydrogen-bond donors (Lipinski definition) is 0. The molecular formula is C15H18N2O2. The van der Waals surface area contributed by atoms with Crippen LogP contribution in [0.4, 0.5) is 0 Å². The molecule has 0 unspecified atom stereocenters. The van der Waals surface area contributed by atoms with Crippen LogP contribution in [0.25, 0.3) is 10.9 Å². The number of hydrogen-bond acceptors (Lipinski definition) is 2. The van der Waals surface area contributed by atoms with Crippen LogP contribution in [-0.4, -0.2) is 35.6 Å². The summed E-state index contributed by atoms with van der Waals surface area (Å²) in [4.78, 5) is 13.9. The van der Waals surface area contributed by atoms with Gasteiger partial charge in [-0.3, -0.25) is 4.79 Å². The molecule has 0 atom stereocenters. The Morgan fingerprint density at radius 2 is 2.21 bits per heavy atom. The number of nitrogens with zero attached hydrogens (tertiary/aromatic N) is 2. The van der Waals surface area contributed by atoms with E-state index in [2.05, 4.69) is 36.0 Å².